The van der Waals surface area contributed by atoms with Crippen LogP contribution in [0.15, 0.2) is 42.7 Å². The summed E-state index contributed by atoms with van der Waals surface area (Å²) in [5.41, 5.74) is 3.88. The van der Waals surface area contributed by atoms with Crippen molar-refractivity contribution in [3.05, 3.63) is 59.7 Å². The molecule has 4 heteroatoms. The molecule has 0 spiro atoms. The largest absolute Gasteiger partial charge is 0.311 e. The minimum Gasteiger partial charge on any atom is -0.311 e. The Hall–Kier alpha value is -1.78. The van der Waals surface area contributed by atoms with Gasteiger partial charge >= 0.3 is 0 Å². The van der Waals surface area contributed by atoms with Gasteiger partial charge in [-0.25, -0.2) is 0 Å². The maximum absolute atomic E-state index is 4.73. The molecule has 2 aromatic rings. The van der Waals surface area contributed by atoms with Crippen LogP contribution in [0.4, 0.5) is 0 Å². The zero-order valence-corrected chi connectivity index (χ0v) is 16.2. The number of hydrogen-bond acceptors (Lipinski definition) is 4. The highest BCUT2D eigenvalue weighted by Gasteiger charge is 2.28. The van der Waals surface area contributed by atoms with E-state index in [9.17, 15) is 0 Å². The fourth-order valence-corrected chi connectivity index (χ4v) is 3.95. The molecule has 2 heterocycles. The van der Waals surface area contributed by atoms with E-state index >= 15 is 0 Å². The van der Waals surface area contributed by atoms with Crippen molar-refractivity contribution in [3.63, 3.8) is 0 Å². The van der Waals surface area contributed by atoms with E-state index in [4.69, 9.17) is 4.98 Å². The highest BCUT2D eigenvalue weighted by atomic mass is 15.2. The maximum atomic E-state index is 4.73. The third-order valence-electron chi connectivity index (χ3n) is 5.28. The summed E-state index contributed by atoms with van der Waals surface area (Å²) >= 11 is 0. The zero-order chi connectivity index (χ0) is 18.2. The predicted octanol–water partition coefficient (Wildman–Crippen LogP) is 4.13. The average Bonchev–Trinajstić information content (AvgIpc) is 2.68. The Bertz CT molecular complexity index is 656. The monoisotopic (exact) mass is 352 g/mol. The van der Waals surface area contributed by atoms with Gasteiger partial charge in [-0.15, -0.1) is 0 Å². The minimum absolute atomic E-state index is 0.487. The lowest BCUT2D eigenvalue weighted by molar-refractivity contribution is 0.132. The van der Waals surface area contributed by atoms with Crippen LogP contribution in [0.2, 0.25) is 0 Å². The topological polar surface area (TPSA) is 41.0 Å². The van der Waals surface area contributed by atoms with Gasteiger partial charge in [-0.2, -0.15) is 0 Å². The van der Waals surface area contributed by atoms with Crippen LogP contribution in [-0.2, 0) is 13.0 Å². The standard InChI is InChI=1S/C22H32N4/c1-18(2)26(21-12-7-9-19-10-8-15-25-22(19)21)16-6-5-13-23-17-20-11-3-4-14-24-20/h3-4,8,10-11,14-15,18,21,23H,5-7,9,12-13,16-17H2,1-2H3. The Labute approximate surface area is 158 Å². The number of unbranched alkanes of at least 4 members (excludes halogenated alkanes) is 1. The average molecular weight is 353 g/mol. The lowest BCUT2D eigenvalue weighted by Gasteiger charge is -2.37. The van der Waals surface area contributed by atoms with Gasteiger partial charge in [0.2, 0.25) is 0 Å². The number of pyridine rings is 2. The molecule has 0 aliphatic heterocycles. The molecular weight excluding hydrogens is 320 g/mol. The van der Waals surface area contributed by atoms with Crippen molar-refractivity contribution in [1.82, 2.24) is 20.2 Å². The molecule has 0 fully saturated rings. The molecule has 0 amide bonds. The smallest absolute Gasteiger partial charge is 0.0607 e. The molecule has 1 aliphatic rings. The molecule has 140 valence electrons. The second-order valence-electron chi connectivity index (χ2n) is 7.49. The molecule has 0 aromatic carbocycles. The first-order valence-electron chi connectivity index (χ1n) is 10.1. The van der Waals surface area contributed by atoms with Gasteiger partial charge in [0.05, 0.1) is 17.4 Å². The van der Waals surface area contributed by atoms with Crippen molar-refractivity contribution in [3.8, 4) is 0 Å². The van der Waals surface area contributed by atoms with Crippen LogP contribution in [0.3, 0.4) is 0 Å². The van der Waals surface area contributed by atoms with Crippen molar-refractivity contribution in [2.75, 3.05) is 13.1 Å². The van der Waals surface area contributed by atoms with Gasteiger partial charge in [-0.1, -0.05) is 12.1 Å². The molecule has 0 saturated carbocycles. The summed E-state index contributed by atoms with van der Waals surface area (Å²) in [6, 6.07) is 11.4. The zero-order valence-electron chi connectivity index (χ0n) is 16.2. The fourth-order valence-electron chi connectivity index (χ4n) is 3.95. The van der Waals surface area contributed by atoms with Crippen LogP contribution in [-0.4, -0.2) is 34.0 Å². The van der Waals surface area contributed by atoms with Gasteiger partial charge in [-0.3, -0.25) is 14.9 Å². The Balaban J connectivity index is 1.46. The minimum atomic E-state index is 0.487. The van der Waals surface area contributed by atoms with Crippen molar-refractivity contribution in [2.24, 2.45) is 0 Å². The van der Waals surface area contributed by atoms with E-state index in [2.05, 4.69) is 47.2 Å². The number of hydrogen-bond donors (Lipinski definition) is 1. The summed E-state index contributed by atoms with van der Waals surface area (Å²) in [5, 5.41) is 3.51. The second kappa shape index (κ2) is 9.79. The summed E-state index contributed by atoms with van der Waals surface area (Å²) in [7, 11) is 0. The second-order valence-corrected chi connectivity index (χ2v) is 7.49. The van der Waals surface area contributed by atoms with E-state index in [1.54, 1.807) is 0 Å². The molecule has 4 nitrogen and oxygen atoms in total. The van der Waals surface area contributed by atoms with Gasteiger partial charge in [0.1, 0.15) is 0 Å². The van der Waals surface area contributed by atoms with Crippen molar-refractivity contribution >= 4 is 0 Å². The summed E-state index contributed by atoms with van der Waals surface area (Å²) in [5.74, 6) is 0. The van der Waals surface area contributed by atoms with Crippen LogP contribution < -0.4 is 5.32 Å². The van der Waals surface area contributed by atoms with Crippen LogP contribution >= 0.6 is 0 Å². The molecule has 0 bridgehead atoms. The van der Waals surface area contributed by atoms with Gasteiger partial charge < -0.3 is 5.32 Å². The van der Waals surface area contributed by atoms with E-state index in [0.717, 1.165) is 25.3 Å². The number of aryl methyl sites for hydroxylation is 1. The third kappa shape index (κ3) is 5.12. The third-order valence-corrected chi connectivity index (χ3v) is 5.28. The van der Waals surface area contributed by atoms with Crippen LogP contribution in [0.5, 0.6) is 0 Å². The molecule has 1 N–H and O–H groups in total. The quantitative estimate of drug-likeness (QED) is 0.689. The number of nitrogens with one attached hydrogen (secondary N) is 1. The highest BCUT2D eigenvalue weighted by molar-refractivity contribution is 5.25. The molecule has 0 saturated heterocycles. The first-order valence-corrected chi connectivity index (χ1v) is 10.1. The van der Waals surface area contributed by atoms with E-state index in [1.165, 1.54) is 43.4 Å². The van der Waals surface area contributed by atoms with Crippen LogP contribution in [0.25, 0.3) is 0 Å². The van der Waals surface area contributed by atoms with E-state index in [0.29, 0.717) is 12.1 Å². The normalized spacial score (nSPS) is 16.8. The molecule has 2 aromatic heterocycles. The van der Waals surface area contributed by atoms with Crippen molar-refractivity contribution < 1.29 is 0 Å². The molecule has 1 unspecified atom stereocenters. The van der Waals surface area contributed by atoms with Gasteiger partial charge in [0.15, 0.2) is 0 Å². The number of rotatable bonds is 9. The fraction of sp³-hybridized carbons (Fsp3) is 0.545. The van der Waals surface area contributed by atoms with Gasteiger partial charge in [0, 0.05) is 25.0 Å². The molecule has 26 heavy (non-hydrogen) atoms. The molecule has 1 atom stereocenters. The Morgan fingerprint density at radius 2 is 2.00 bits per heavy atom. The Morgan fingerprint density at radius 3 is 2.81 bits per heavy atom. The van der Waals surface area contributed by atoms with Gasteiger partial charge in [-0.05, 0) is 82.8 Å². The lowest BCUT2D eigenvalue weighted by atomic mass is 9.90. The Morgan fingerprint density at radius 1 is 1.12 bits per heavy atom. The van der Waals surface area contributed by atoms with Crippen molar-refractivity contribution in [1.29, 1.82) is 0 Å². The molecule has 0 radical (unpaired) electrons. The van der Waals surface area contributed by atoms with Crippen LogP contribution in [0, 0.1) is 0 Å². The SMILES string of the molecule is CC(C)N(CCCCNCc1ccccn1)C1CCCc2cccnc21. The van der Waals surface area contributed by atoms with E-state index in [-0.39, 0.29) is 0 Å². The highest BCUT2D eigenvalue weighted by Crippen LogP contribution is 2.34. The lowest BCUT2D eigenvalue weighted by Crippen LogP contribution is -2.38. The summed E-state index contributed by atoms with van der Waals surface area (Å²) in [6.45, 7) is 7.67. The molecule has 1 aliphatic carbocycles. The molecule has 3 rings (SSSR count). The van der Waals surface area contributed by atoms with Gasteiger partial charge in [0.25, 0.3) is 0 Å². The van der Waals surface area contributed by atoms with E-state index in [1.807, 2.05) is 24.5 Å². The summed E-state index contributed by atoms with van der Waals surface area (Å²) in [6.07, 6.45) is 9.91. The summed E-state index contributed by atoms with van der Waals surface area (Å²) < 4.78 is 0. The Kier molecular flexibility index (Phi) is 7.15. The number of aromatic nitrogens is 2. The predicted molar refractivity (Wildman–Crippen MR) is 107 cm³/mol. The van der Waals surface area contributed by atoms with E-state index < -0.39 is 0 Å². The maximum Gasteiger partial charge on any atom is 0.0607 e. The van der Waals surface area contributed by atoms with Crippen molar-refractivity contribution in [2.45, 2.75) is 64.6 Å². The molecular formula is C22H32N4. The number of nitrogens with zero attached hydrogens (tertiary/aromatic N) is 3. The van der Waals surface area contributed by atoms with Crippen LogP contribution in [0.1, 0.15) is 62.5 Å². The first kappa shape index (κ1) is 19.0. The summed E-state index contributed by atoms with van der Waals surface area (Å²) in [4.78, 5) is 11.7. The first-order chi connectivity index (χ1) is 12.8. The number of fused-ring (bicyclic) bond motifs is 1.